The van der Waals surface area contributed by atoms with Gasteiger partial charge in [-0.15, -0.1) is 0 Å². The van der Waals surface area contributed by atoms with Crippen LogP contribution in [0.1, 0.15) is 12.8 Å². The lowest BCUT2D eigenvalue weighted by Crippen LogP contribution is -2.49. The number of hydrogen-bond acceptors (Lipinski definition) is 4. The summed E-state index contributed by atoms with van der Waals surface area (Å²) in [6, 6.07) is 2.16. The lowest BCUT2D eigenvalue weighted by molar-refractivity contribution is 0.0800. The van der Waals surface area contributed by atoms with Gasteiger partial charge in [0.05, 0.1) is 0 Å². The maximum absolute atomic E-state index is 8.96. The number of nitrogens with zero attached hydrogens (tertiary/aromatic N) is 3. The summed E-state index contributed by atoms with van der Waals surface area (Å²) in [5, 5.41) is 12.8. The minimum atomic E-state index is 0.308. The predicted molar refractivity (Wildman–Crippen MR) is 52.7 cm³/mol. The number of oxime groups is 1. The van der Waals surface area contributed by atoms with Gasteiger partial charge in [0.2, 0.25) is 0 Å². The number of piperidine rings is 3. The number of nitriles is 1. The maximum atomic E-state index is 8.96. The van der Waals surface area contributed by atoms with Crippen molar-refractivity contribution in [3.63, 3.8) is 0 Å². The molecule has 0 unspecified atom stereocenters. The summed E-state index contributed by atoms with van der Waals surface area (Å²) in [4.78, 5) is 7.11. The molecule has 2 bridgehead atoms. The first-order valence-electron chi connectivity index (χ1n) is 5.08. The zero-order chi connectivity index (χ0) is 9.97. The highest BCUT2D eigenvalue weighted by Gasteiger charge is 2.37. The van der Waals surface area contributed by atoms with Crippen LogP contribution >= 0.6 is 0 Å². The third-order valence-electron chi connectivity index (χ3n) is 3.31. The van der Waals surface area contributed by atoms with E-state index in [4.69, 9.17) is 10.1 Å². The molecule has 3 saturated heterocycles. The molecule has 3 aliphatic rings. The van der Waals surface area contributed by atoms with E-state index in [0.717, 1.165) is 6.54 Å². The van der Waals surface area contributed by atoms with Crippen molar-refractivity contribution in [1.29, 1.82) is 5.26 Å². The third-order valence-corrected chi connectivity index (χ3v) is 3.31. The van der Waals surface area contributed by atoms with Crippen LogP contribution in [0.3, 0.4) is 0 Å². The molecule has 76 valence electrons. The van der Waals surface area contributed by atoms with Crippen molar-refractivity contribution >= 4 is 5.71 Å². The smallest absolute Gasteiger partial charge is 0.161 e. The Kier molecular flexibility index (Phi) is 2.69. The molecule has 3 rings (SSSR count). The molecule has 0 spiro atoms. The van der Waals surface area contributed by atoms with E-state index in [1.165, 1.54) is 33.0 Å². The molecule has 0 saturated carbocycles. The number of fused-ring (bicyclic) bond motifs is 3. The molecular weight excluding hydrogens is 178 g/mol. The molecule has 0 amide bonds. The maximum Gasteiger partial charge on any atom is 0.161 e. The molecule has 4 heteroatoms. The standard InChI is InChI=1S/C10H15N3O/c1-14-12-10(6-11)9-7-13-4-2-8(9)3-5-13/h8-9H,2-5,7H2,1H3/b12-10+/t9-/m1/s1. The molecule has 3 aliphatic heterocycles. The molecule has 0 aliphatic carbocycles. The molecule has 4 nitrogen and oxygen atoms in total. The van der Waals surface area contributed by atoms with Crippen LogP contribution in [0.4, 0.5) is 0 Å². The summed E-state index contributed by atoms with van der Waals surface area (Å²) in [5.74, 6) is 0.955. The predicted octanol–water partition coefficient (Wildman–Crippen LogP) is 0.854. The Hall–Kier alpha value is -1.08. The molecule has 0 aromatic heterocycles. The van der Waals surface area contributed by atoms with Crippen LogP contribution < -0.4 is 0 Å². The third kappa shape index (κ3) is 1.60. The van der Waals surface area contributed by atoms with E-state index < -0.39 is 0 Å². The molecule has 0 aromatic rings. The van der Waals surface area contributed by atoms with Gasteiger partial charge in [-0.3, -0.25) is 0 Å². The Balaban J connectivity index is 2.11. The average Bonchev–Trinajstić information content (AvgIpc) is 2.27. The van der Waals surface area contributed by atoms with Gasteiger partial charge in [-0.25, -0.2) is 0 Å². The summed E-state index contributed by atoms with van der Waals surface area (Å²) < 4.78 is 0. The van der Waals surface area contributed by atoms with Crippen molar-refractivity contribution in [2.24, 2.45) is 17.0 Å². The van der Waals surface area contributed by atoms with Crippen LogP contribution in [-0.4, -0.2) is 37.4 Å². The van der Waals surface area contributed by atoms with E-state index in [0.29, 0.717) is 17.5 Å². The lowest BCUT2D eigenvalue weighted by atomic mass is 9.77. The fraction of sp³-hybridized carbons (Fsp3) is 0.800. The fourth-order valence-electron chi connectivity index (χ4n) is 2.54. The van der Waals surface area contributed by atoms with Gasteiger partial charge in [0.25, 0.3) is 0 Å². The van der Waals surface area contributed by atoms with Crippen LogP contribution in [0.25, 0.3) is 0 Å². The van der Waals surface area contributed by atoms with E-state index in [1.807, 2.05) is 0 Å². The van der Waals surface area contributed by atoms with Gasteiger partial charge in [0.1, 0.15) is 13.2 Å². The molecule has 3 heterocycles. The van der Waals surface area contributed by atoms with Crippen LogP contribution in [0.15, 0.2) is 5.16 Å². The Morgan fingerprint density at radius 1 is 1.50 bits per heavy atom. The Morgan fingerprint density at radius 2 is 2.21 bits per heavy atom. The lowest BCUT2D eigenvalue weighted by Gasteiger charge is -2.43. The van der Waals surface area contributed by atoms with Crippen molar-refractivity contribution in [3.05, 3.63) is 0 Å². The first kappa shape index (κ1) is 9.47. The normalized spacial score (nSPS) is 36.6. The number of rotatable bonds is 2. The second-order valence-corrected chi connectivity index (χ2v) is 4.02. The summed E-state index contributed by atoms with van der Waals surface area (Å²) in [6.45, 7) is 3.36. The minimum absolute atomic E-state index is 0.308. The van der Waals surface area contributed by atoms with Gasteiger partial charge in [-0.1, -0.05) is 5.16 Å². The van der Waals surface area contributed by atoms with E-state index in [2.05, 4.69) is 16.1 Å². The number of hydrogen-bond donors (Lipinski definition) is 0. The highest BCUT2D eigenvalue weighted by atomic mass is 16.6. The minimum Gasteiger partial charge on any atom is -0.398 e. The van der Waals surface area contributed by atoms with Gasteiger partial charge < -0.3 is 9.74 Å². The van der Waals surface area contributed by atoms with Crippen LogP contribution in [0.5, 0.6) is 0 Å². The zero-order valence-electron chi connectivity index (χ0n) is 8.44. The van der Waals surface area contributed by atoms with Gasteiger partial charge in [0, 0.05) is 12.5 Å². The summed E-state index contributed by atoms with van der Waals surface area (Å²) >= 11 is 0. The molecule has 14 heavy (non-hydrogen) atoms. The average molecular weight is 193 g/mol. The highest BCUT2D eigenvalue weighted by Crippen LogP contribution is 2.33. The topological polar surface area (TPSA) is 48.6 Å². The Labute approximate surface area is 84.1 Å². The summed E-state index contributed by atoms with van der Waals surface area (Å²) in [7, 11) is 1.50. The summed E-state index contributed by atoms with van der Waals surface area (Å²) in [6.07, 6.45) is 2.41. The molecule has 0 aromatic carbocycles. The largest absolute Gasteiger partial charge is 0.398 e. The SMILES string of the molecule is CO/N=C(\C#N)[C@@H]1CN2CCC1CC2. The van der Waals surface area contributed by atoms with Gasteiger partial charge >= 0.3 is 0 Å². The van der Waals surface area contributed by atoms with E-state index in [9.17, 15) is 0 Å². The second-order valence-electron chi connectivity index (χ2n) is 4.02. The molecule has 3 fully saturated rings. The van der Waals surface area contributed by atoms with Crippen molar-refractivity contribution in [1.82, 2.24) is 4.90 Å². The van der Waals surface area contributed by atoms with Crippen LogP contribution in [-0.2, 0) is 4.84 Å². The van der Waals surface area contributed by atoms with Crippen molar-refractivity contribution < 1.29 is 4.84 Å². The molecule has 0 radical (unpaired) electrons. The zero-order valence-corrected chi connectivity index (χ0v) is 8.44. The molecule has 0 N–H and O–H groups in total. The van der Waals surface area contributed by atoms with Crippen LogP contribution in [0, 0.1) is 23.2 Å². The molecule has 1 atom stereocenters. The Bertz CT molecular complexity index is 274. The van der Waals surface area contributed by atoms with E-state index >= 15 is 0 Å². The van der Waals surface area contributed by atoms with Crippen LogP contribution in [0.2, 0.25) is 0 Å². The monoisotopic (exact) mass is 193 g/mol. The van der Waals surface area contributed by atoms with Gasteiger partial charge in [-0.05, 0) is 31.8 Å². The van der Waals surface area contributed by atoms with Crippen molar-refractivity contribution in [2.75, 3.05) is 26.7 Å². The highest BCUT2D eigenvalue weighted by molar-refractivity contribution is 6.00. The van der Waals surface area contributed by atoms with E-state index in [1.54, 1.807) is 0 Å². The van der Waals surface area contributed by atoms with Crippen molar-refractivity contribution in [2.45, 2.75) is 12.8 Å². The first-order chi connectivity index (χ1) is 6.85. The Morgan fingerprint density at radius 3 is 2.64 bits per heavy atom. The second kappa shape index (κ2) is 3.97. The van der Waals surface area contributed by atoms with E-state index in [-0.39, 0.29) is 0 Å². The van der Waals surface area contributed by atoms with Gasteiger partial charge in [-0.2, -0.15) is 5.26 Å². The van der Waals surface area contributed by atoms with Crippen molar-refractivity contribution in [3.8, 4) is 6.07 Å². The van der Waals surface area contributed by atoms with Gasteiger partial charge in [0.15, 0.2) is 5.71 Å². The quantitative estimate of drug-likeness (QED) is 0.482. The molecular formula is C10H15N3O. The first-order valence-corrected chi connectivity index (χ1v) is 5.08. The summed E-state index contributed by atoms with van der Waals surface area (Å²) in [5.41, 5.74) is 0.571. The fourth-order valence-corrected chi connectivity index (χ4v) is 2.54.